The lowest BCUT2D eigenvalue weighted by atomic mass is 10.1. The van der Waals surface area contributed by atoms with Gasteiger partial charge in [0.05, 0.1) is 6.61 Å². The molecule has 1 atom stereocenters. The van der Waals surface area contributed by atoms with E-state index in [4.69, 9.17) is 4.74 Å². The van der Waals surface area contributed by atoms with Crippen LogP contribution in [0.15, 0.2) is 54.9 Å². The second kappa shape index (κ2) is 5.69. The number of ether oxygens (including phenoxy) is 1. The highest BCUT2D eigenvalue weighted by Gasteiger charge is 2.23. The molecule has 0 N–H and O–H groups in total. The summed E-state index contributed by atoms with van der Waals surface area (Å²) in [5, 5.41) is 0. The molecule has 4 rings (SSSR count). The molecule has 3 aromatic rings. The Morgan fingerprint density at radius 3 is 2.77 bits per heavy atom. The van der Waals surface area contributed by atoms with Gasteiger partial charge in [-0.2, -0.15) is 0 Å². The smallest absolute Gasteiger partial charge is 0.180 e. The summed E-state index contributed by atoms with van der Waals surface area (Å²) in [6.45, 7) is 2.32. The Morgan fingerprint density at radius 1 is 1.00 bits per heavy atom. The van der Waals surface area contributed by atoms with Gasteiger partial charge in [0.15, 0.2) is 5.65 Å². The molecule has 0 amide bonds. The normalized spacial score (nSPS) is 18.5. The van der Waals surface area contributed by atoms with E-state index in [1.165, 1.54) is 5.56 Å². The van der Waals surface area contributed by atoms with Gasteiger partial charge < -0.3 is 9.64 Å². The lowest BCUT2D eigenvalue weighted by Gasteiger charge is -2.34. The first-order valence-electron chi connectivity index (χ1n) is 7.39. The molecule has 0 unspecified atom stereocenters. The van der Waals surface area contributed by atoms with Crippen LogP contribution in [0.1, 0.15) is 11.7 Å². The largest absolute Gasteiger partial charge is 0.370 e. The second-order valence-corrected chi connectivity index (χ2v) is 5.28. The molecule has 1 aliphatic rings. The van der Waals surface area contributed by atoms with E-state index in [0.717, 1.165) is 24.4 Å². The third-order valence-corrected chi connectivity index (χ3v) is 3.88. The van der Waals surface area contributed by atoms with Gasteiger partial charge in [0.25, 0.3) is 0 Å². The van der Waals surface area contributed by atoms with E-state index in [0.29, 0.717) is 12.3 Å². The highest BCUT2D eigenvalue weighted by atomic mass is 16.5. The van der Waals surface area contributed by atoms with Gasteiger partial charge in [-0.05, 0) is 17.7 Å². The number of aromatic nitrogens is 3. The van der Waals surface area contributed by atoms with Gasteiger partial charge in [0, 0.05) is 25.5 Å². The first-order valence-corrected chi connectivity index (χ1v) is 7.39. The lowest BCUT2D eigenvalue weighted by Crippen LogP contribution is -2.38. The van der Waals surface area contributed by atoms with Crippen LogP contribution >= 0.6 is 0 Å². The maximum atomic E-state index is 5.91. The molecule has 1 saturated heterocycles. The quantitative estimate of drug-likeness (QED) is 0.726. The summed E-state index contributed by atoms with van der Waals surface area (Å²) in [6, 6.07) is 14.3. The number of benzene rings is 1. The summed E-state index contributed by atoms with van der Waals surface area (Å²) < 4.78 is 5.91. The Kier molecular flexibility index (Phi) is 3.40. The fourth-order valence-corrected chi connectivity index (χ4v) is 2.75. The average Bonchev–Trinajstić information content (AvgIpc) is 2.62. The first-order chi connectivity index (χ1) is 10.9. The van der Waals surface area contributed by atoms with E-state index in [-0.39, 0.29) is 6.10 Å². The third kappa shape index (κ3) is 2.51. The molecular formula is C17H16N4O. The third-order valence-electron chi connectivity index (χ3n) is 3.88. The maximum Gasteiger partial charge on any atom is 0.180 e. The Bertz CT molecular complexity index is 778. The van der Waals surface area contributed by atoms with Crippen molar-refractivity contribution in [3.63, 3.8) is 0 Å². The highest BCUT2D eigenvalue weighted by molar-refractivity contribution is 5.71. The van der Waals surface area contributed by atoms with Crippen LogP contribution in [-0.4, -0.2) is 34.6 Å². The van der Waals surface area contributed by atoms with Crippen molar-refractivity contribution in [2.24, 2.45) is 0 Å². The Balaban J connectivity index is 1.61. The Hall–Kier alpha value is -2.53. The van der Waals surface area contributed by atoms with Crippen LogP contribution in [0.25, 0.3) is 11.2 Å². The zero-order chi connectivity index (χ0) is 14.8. The van der Waals surface area contributed by atoms with Crippen molar-refractivity contribution in [3.05, 3.63) is 60.4 Å². The SMILES string of the molecule is c1ccc([C@H]2CN(c3ccc4nccnc4n3)CCO2)cc1. The van der Waals surface area contributed by atoms with Gasteiger partial charge >= 0.3 is 0 Å². The molecule has 1 fully saturated rings. The molecule has 22 heavy (non-hydrogen) atoms. The van der Waals surface area contributed by atoms with Gasteiger partial charge in [-0.3, -0.25) is 4.98 Å². The highest BCUT2D eigenvalue weighted by Crippen LogP contribution is 2.25. The predicted octanol–water partition coefficient (Wildman–Crippen LogP) is 2.60. The van der Waals surface area contributed by atoms with E-state index in [9.17, 15) is 0 Å². The molecule has 110 valence electrons. The number of fused-ring (bicyclic) bond motifs is 1. The minimum Gasteiger partial charge on any atom is -0.370 e. The standard InChI is InChI=1S/C17H16N4O/c1-2-4-13(5-3-1)15-12-21(10-11-22-15)16-7-6-14-17(20-16)19-9-8-18-14/h1-9,15H,10-12H2/t15-/m1/s1. The number of morpholine rings is 1. The number of hydrogen-bond acceptors (Lipinski definition) is 5. The number of pyridine rings is 1. The molecule has 2 aromatic heterocycles. The second-order valence-electron chi connectivity index (χ2n) is 5.28. The Labute approximate surface area is 128 Å². The number of hydrogen-bond donors (Lipinski definition) is 0. The molecule has 5 nitrogen and oxygen atoms in total. The summed E-state index contributed by atoms with van der Waals surface area (Å²) >= 11 is 0. The number of anilines is 1. The molecular weight excluding hydrogens is 276 g/mol. The zero-order valence-electron chi connectivity index (χ0n) is 12.1. The molecule has 0 spiro atoms. The molecule has 1 aliphatic heterocycles. The minimum atomic E-state index is 0.0781. The van der Waals surface area contributed by atoms with Crippen molar-refractivity contribution >= 4 is 17.0 Å². The van der Waals surface area contributed by atoms with Crippen molar-refractivity contribution in [2.45, 2.75) is 6.10 Å². The van der Waals surface area contributed by atoms with E-state index < -0.39 is 0 Å². The zero-order valence-corrected chi connectivity index (χ0v) is 12.1. The van der Waals surface area contributed by atoms with E-state index in [1.807, 2.05) is 30.3 Å². The fraction of sp³-hybridized carbons (Fsp3) is 0.235. The van der Waals surface area contributed by atoms with Gasteiger partial charge in [0.2, 0.25) is 0 Å². The molecule has 1 aromatic carbocycles. The van der Waals surface area contributed by atoms with Crippen LogP contribution in [0.4, 0.5) is 5.82 Å². The summed E-state index contributed by atoms with van der Waals surface area (Å²) in [7, 11) is 0. The topological polar surface area (TPSA) is 51.1 Å². The van der Waals surface area contributed by atoms with E-state index in [1.54, 1.807) is 12.4 Å². The average molecular weight is 292 g/mol. The van der Waals surface area contributed by atoms with E-state index in [2.05, 4.69) is 32.0 Å². The van der Waals surface area contributed by atoms with Crippen LogP contribution < -0.4 is 4.90 Å². The van der Waals surface area contributed by atoms with Crippen LogP contribution in [-0.2, 0) is 4.74 Å². The van der Waals surface area contributed by atoms with Crippen molar-refractivity contribution in [1.82, 2.24) is 15.0 Å². The van der Waals surface area contributed by atoms with Gasteiger partial charge in [-0.25, -0.2) is 9.97 Å². The summed E-state index contributed by atoms with van der Waals surface area (Å²) in [5.74, 6) is 0.928. The minimum absolute atomic E-state index is 0.0781. The molecule has 0 aliphatic carbocycles. The van der Waals surface area contributed by atoms with Crippen LogP contribution in [0.5, 0.6) is 0 Å². The van der Waals surface area contributed by atoms with Crippen molar-refractivity contribution in [2.75, 3.05) is 24.6 Å². The van der Waals surface area contributed by atoms with Crippen molar-refractivity contribution < 1.29 is 4.74 Å². The predicted molar refractivity (Wildman–Crippen MR) is 84.7 cm³/mol. The molecule has 3 heterocycles. The molecule has 5 heteroatoms. The molecule has 0 radical (unpaired) electrons. The fourth-order valence-electron chi connectivity index (χ4n) is 2.75. The molecule has 0 bridgehead atoms. The summed E-state index contributed by atoms with van der Waals surface area (Å²) in [4.78, 5) is 15.4. The van der Waals surface area contributed by atoms with Crippen LogP contribution in [0.3, 0.4) is 0 Å². The number of nitrogens with zero attached hydrogens (tertiary/aromatic N) is 4. The van der Waals surface area contributed by atoms with Crippen LogP contribution in [0, 0.1) is 0 Å². The molecule has 0 saturated carbocycles. The first kappa shape index (κ1) is 13.2. The van der Waals surface area contributed by atoms with Gasteiger partial charge in [-0.15, -0.1) is 0 Å². The van der Waals surface area contributed by atoms with Gasteiger partial charge in [-0.1, -0.05) is 30.3 Å². The van der Waals surface area contributed by atoms with E-state index >= 15 is 0 Å². The van der Waals surface area contributed by atoms with Crippen LogP contribution in [0.2, 0.25) is 0 Å². The van der Waals surface area contributed by atoms with Crippen molar-refractivity contribution in [3.8, 4) is 0 Å². The van der Waals surface area contributed by atoms with Crippen molar-refractivity contribution in [1.29, 1.82) is 0 Å². The number of rotatable bonds is 2. The summed E-state index contributed by atoms with van der Waals surface area (Å²) in [5.41, 5.74) is 2.70. The maximum absolute atomic E-state index is 5.91. The monoisotopic (exact) mass is 292 g/mol. The van der Waals surface area contributed by atoms with Gasteiger partial charge in [0.1, 0.15) is 17.4 Å². The Morgan fingerprint density at radius 2 is 1.86 bits per heavy atom. The summed E-state index contributed by atoms with van der Waals surface area (Å²) in [6.07, 6.45) is 3.43. The lowest BCUT2D eigenvalue weighted by molar-refractivity contribution is 0.0395.